The lowest BCUT2D eigenvalue weighted by Crippen LogP contribution is -2.12. The van der Waals surface area contributed by atoms with Crippen molar-refractivity contribution in [3.8, 4) is 0 Å². The highest BCUT2D eigenvalue weighted by atomic mass is 32.1. The van der Waals surface area contributed by atoms with E-state index in [1.165, 1.54) is 16.7 Å². The number of thiazole rings is 1. The zero-order valence-electron chi connectivity index (χ0n) is 8.50. The lowest BCUT2D eigenvalue weighted by molar-refractivity contribution is 0.0696. The second-order valence-corrected chi connectivity index (χ2v) is 4.96. The first-order valence-corrected chi connectivity index (χ1v) is 6.06. The summed E-state index contributed by atoms with van der Waals surface area (Å²) in [6, 6.07) is 0. The van der Waals surface area contributed by atoms with E-state index in [9.17, 15) is 9.59 Å². The molecule has 17 heavy (non-hydrogen) atoms. The zero-order chi connectivity index (χ0) is 12.4. The fourth-order valence-corrected chi connectivity index (χ4v) is 2.21. The van der Waals surface area contributed by atoms with Crippen molar-refractivity contribution in [2.45, 2.75) is 6.92 Å². The Morgan fingerprint density at radius 2 is 2.18 bits per heavy atom. The Bertz CT molecular complexity index is 577. The minimum atomic E-state index is -1.15. The third kappa shape index (κ3) is 2.63. The number of aryl methyl sites for hydroxylation is 1. The first kappa shape index (κ1) is 11.6. The second-order valence-electron chi connectivity index (χ2n) is 2.92. The van der Waals surface area contributed by atoms with Crippen LogP contribution in [0.15, 0.2) is 5.38 Å². The maximum Gasteiger partial charge on any atom is 0.365 e. The van der Waals surface area contributed by atoms with Gasteiger partial charge in [-0.1, -0.05) is 11.3 Å². The fourth-order valence-electron chi connectivity index (χ4n) is 0.984. The van der Waals surface area contributed by atoms with Gasteiger partial charge >= 0.3 is 5.97 Å². The van der Waals surface area contributed by atoms with E-state index in [1.807, 2.05) is 0 Å². The monoisotopic (exact) mass is 270 g/mol. The summed E-state index contributed by atoms with van der Waals surface area (Å²) in [5, 5.41) is 21.0. The molecule has 0 radical (unpaired) electrons. The summed E-state index contributed by atoms with van der Waals surface area (Å²) in [6.07, 6.45) is 0. The number of amides is 1. The minimum Gasteiger partial charge on any atom is -0.476 e. The second kappa shape index (κ2) is 4.55. The van der Waals surface area contributed by atoms with Gasteiger partial charge in [0.05, 0.1) is 0 Å². The molecule has 0 bridgehead atoms. The third-order valence-corrected chi connectivity index (χ3v) is 3.25. The smallest absolute Gasteiger partial charge is 0.365 e. The van der Waals surface area contributed by atoms with Crippen LogP contribution in [0, 0.1) is 6.92 Å². The van der Waals surface area contributed by atoms with Crippen LogP contribution in [-0.2, 0) is 0 Å². The van der Waals surface area contributed by atoms with Crippen molar-refractivity contribution >= 4 is 39.7 Å². The molecule has 2 aromatic heterocycles. The van der Waals surface area contributed by atoms with E-state index in [-0.39, 0.29) is 10.7 Å². The summed E-state index contributed by atoms with van der Waals surface area (Å²) in [5.41, 5.74) is 0.0558. The standard InChI is InChI=1S/C8H6N4O3S2/c1-3-11-12-8(17-3)10-5(13)4-2-16-6(9-4)7(14)15/h2H,1H3,(H,14,15)(H,10,12,13). The van der Waals surface area contributed by atoms with Crippen LogP contribution in [-0.4, -0.2) is 32.2 Å². The Hall–Kier alpha value is -1.87. The summed E-state index contributed by atoms with van der Waals surface area (Å²) in [4.78, 5) is 25.9. The Morgan fingerprint density at radius 1 is 1.41 bits per heavy atom. The number of rotatable bonds is 3. The summed E-state index contributed by atoms with van der Waals surface area (Å²) in [7, 11) is 0. The SMILES string of the molecule is Cc1nnc(NC(=O)c2csc(C(=O)O)n2)s1. The summed E-state index contributed by atoms with van der Waals surface area (Å²) in [6.45, 7) is 1.76. The van der Waals surface area contributed by atoms with Crippen LogP contribution in [0.5, 0.6) is 0 Å². The quantitative estimate of drug-likeness (QED) is 0.869. The van der Waals surface area contributed by atoms with Crippen LogP contribution in [0.4, 0.5) is 5.13 Å². The number of hydrogen-bond donors (Lipinski definition) is 2. The summed E-state index contributed by atoms with van der Waals surface area (Å²) in [5.74, 6) is -1.65. The normalized spacial score (nSPS) is 10.2. The lowest BCUT2D eigenvalue weighted by atomic mass is 10.4. The van der Waals surface area contributed by atoms with E-state index in [2.05, 4.69) is 20.5 Å². The molecule has 0 fully saturated rings. The number of anilines is 1. The molecule has 88 valence electrons. The average Bonchev–Trinajstić information content (AvgIpc) is 2.86. The van der Waals surface area contributed by atoms with Crippen molar-refractivity contribution in [2.24, 2.45) is 0 Å². The van der Waals surface area contributed by atoms with Gasteiger partial charge in [-0.3, -0.25) is 10.1 Å². The fraction of sp³-hybridized carbons (Fsp3) is 0.125. The zero-order valence-corrected chi connectivity index (χ0v) is 10.1. The van der Waals surface area contributed by atoms with Crippen molar-refractivity contribution in [1.29, 1.82) is 0 Å². The van der Waals surface area contributed by atoms with Crippen molar-refractivity contribution < 1.29 is 14.7 Å². The van der Waals surface area contributed by atoms with Gasteiger partial charge in [0.15, 0.2) is 0 Å². The van der Waals surface area contributed by atoms with Crippen LogP contribution in [0.3, 0.4) is 0 Å². The van der Waals surface area contributed by atoms with E-state index >= 15 is 0 Å². The van der Waals surface area contributed by atoms with Crippen LogP contribution < -0.4 is 5.32 Å². The number of aromatic carboxylic acids is 1. The van der Waals surface area contributed by atoms with E-state index in [4.69, 9.17) is 5.11 Å². The van der Waals surface area contributed by atoms with Gasteiger partial charge in [-0.2, -0.15) is 0 Å². The largest absolute Gasteiger partial charge is 0.476 e. The molecule has 2 heterocycles. The minimum absolute atomic E-state index is 0.0558. The Balaban J connectivity index is 2.11. The third-order valence-electron chi connectivity index (χ3n) is 1.67. The van der Waals surface area contributed by atoms with Gasteiger partial charge in [-0.05, 0) is 6.92 Å². The Morgan fingerprint density at radius 3 is 2.71 bits per heavy atom. The molecule has 0 atom stereocenters. The molecular formula is C8H6N4O3S2. The number of nitrogens with zero attached hydrogens (tertiary/aromatic N) is 3. The number of aromatic nitrogens is 3. The van der Waals surface area contributed by atoms with Gasteiger partial charge in [0.1, 0.15) is 10.7 Å². The summed E-state index contributed by atoms with van der Waals surface area (Å²) >= 11 is 2.13. The summed E-state index contributed by atoms with van der Waals surface area (Å²) < 4.78 is 0. The highest BCUT2D eigenvalue weighted by Gasteiger charge is 2.15. The van der Waals surface area contributed by atoms with E-state index in [0.717, 1.165) is 16.3 Å². The maximum absolute atomic E-state index is 11.6. The molecule has 1 amide bonds. The van der Waals surface area contributed by atoms with Gasteiger partial charge in [-0.15, -0.1) is 21.5 Å². The first-order chi connectivity index (χ1) is 8.06. The topological polar surface area (TPSA) is 105 Å². The number of carbonyl (C=O) groups excluding carboxylic acids is 1. The molecule has 0 aliphatic carbocycles. The number of carboxylic acids is 1. The Labute approximate surface area is 103 Å². The molecule has 0 aromatic carbocycles. The predicted octanol–water partition coefficient (Wildman–Crippen LogP) is 1.25. The first-order valence-electron chi connectivity index (χ1n) is 4.36. The van der Waals surface area contributed by atoms with Crippen molar-refractivity contribution in [3.05, 3.63) is 21.1 Å². The van der Waals surface area contributed by atoms with Crippen LogP contribution in [0.25, 0.3) is 0 Å². The van der Waals surface area contributed by atoms with Crippen LogP contribution >= 0.6 is 22.7 Å². The van der Waals surface area contributed by atoms with Crippen molar-refractivity contribution in [2.75, 3.05) is 5.32 Å². The van der Waals surface area contributed by atoms with E-state index in [0.29, 0.717) is 5.13 Å². The maximum atomic E-state index is 11.6. The van der Waals surface area contributed by atoms with Crippen LogP contribution in [0.2, 0.25) is 0 Å². The number of carboxylic acid groups (broad SMARTS) is 1. The number of hydrogen-bond acceptors (Lipinski definition) is 7. The molecule has 0 spiro atoms. The highest BCUT2D eigenvalue weighted by Crippen LogP contribution is 2.16. The van der Waals surface area contributed by atoms with Gasteiger partial charge in [0.2, 0.25) is 10.1 Å². The molecule has 0 saturated carbocycles. The van der Waals surface area contributed by atoms with E-state index in [1.54, 1.807) is 6.92 Å². The van der Waals surface area contributed by atoms with Crippen molar-refractivity contribution in [3.63, 3.8) is 0 Å². The molecule has 9 heteroatoms. The Kier molecular flexibility index (Phi) is 3.11. The average molecular weight is 270 g/mol. The molecule has 0 unspecified atom stereocenters. The van der Waals surface area contributed by atoms with Crippen LogP contribution in [0.1, 0.15) is 25.3 Å². The molecule has 0 aliphatic rings. The van der Waals surface area contributed by atoms with E-state index < -0.39 is 11.9 Å². The molecular weight excluding hydrogens is 264 g/mol. The molecule has 0 aliphatic heterocycles. The number of carbonyl (C=O) groups is 2. The van der Waals surface area contributed by atoms with Gasteiger partial charge in [0.25, 0.3) is 5.91 Å². The number of nitrogens with one attached hydrogen (secondary N) is 1. The predicted molar refractivity (Wildman–Crippen MR) is 61.7 cm³/mol. The lowest BCUT2D eigenvalue weighted by Gasteiger charge is -1.95. The molecule has 2 aromatic rings. The van der Waals surface area contributed by atoms with Crippen molar-refractivity contribution in [1.82, 2.24) is 15.2 Å². The molecule has 2 N–H and O–H groups in total. The van der Waals surface area contributed by atoms with Gasteiger partial charge < -0.3 is 5.11 Å². The highest BCUT2D eigenvalue weighted by molar-refractivity contribution is 7.15. The molecule has 7 nitrogen and oxygen atoms in total. The molecule has 0 saturated heterocycles. The molecule has 2 rings (SSSR count). The van der Waals surface area contributed by atoms with Gasteiger partial charge in [-0.25, -0.2) is 9.78 Å². The van der Waals surface area contributed by atoms with Gasteiger partial charge in [0, 0.05) is 5.38 Å².